The molecule has 0 spiro atoms. The van der Waals surface area contributed by atoms with Gasteiger partial charge < -0.3 is 11.1 Å². The molecule has 0 saturated heterocycles. The highest BCUT2D eigenvalue weighted by Crippen LogP contribution is 2.28. The summed E-state index contributed by atoms with van der Waals surface area (Å²) in [7, 11) is -2.21. The molecule has 6 nitrogen and oxygen atoms in total. The zero-order valence-corrected chi connectivity index (χ0v) is 11.5. The van der Waals surface area contributed by atoms with E-state index in [1.54, 1.807) is 0 Å². The largest absolute Gasteiger partial charge is 0.348 e. The minimum atomic E-state index is -3.50. The molecular formula is C9H20ClN3O3S. The molecule has 1 aliphatic carbocycles. The summed E-state index contributed by atoms with van der Waals surface area (Å²) < 4.78 is 24.5. The second-order valence-electron chi connectivity index (χ2n) is 4.20. The molecule has 1 fully saturated rings. The maximum Gasteiger partial charge on any atom is 0.237 e. The third-order valence-electron chi connectivity index (χ3n) is 2.99. The van der Waals surface area contributed by atoms with Crippen molar-refractivity contribution in [3.05, 3.63) is 0 Å². The van der Waals surface area contributed by atoms with Crippen LogP contribution in [0.2, 0.25) is 0 Å². The lowest BCUT2D eigenvalue weighted by atomic mass is 9.98. The van der Waals surface area contributed by atoms with Crippen LogP contribution in [0, 0.1) is 0 Å². The molecule has 0 unspecified atom stereocenters. The fraction of sp³-hybridized carbons (Fsp3) is 0.889. The van der Waals surface area contributed by atoms with Crippen LogP contribution < -0.4 is 15.8 Å². The average molecular weight is 286 g/mol. The number of sulfonamides is 1. The first-order valence-corrected chi connectivity index (χ1v) is 7.00. The third-order valence-corrected chi connectivity index (χ3v) is 4.25. The molecule has 1 rings (SSSR count). The number of carbonyl (C=O) groups excluding carboxylic acids is 1. The van der Waals surface area contributed by atoms with Crippen LogP contribution in [0.4, 0.5) is 0 Å². The van der Waals surface area contributed by atoms with Crippen molar-refractivity contribution in [2.75, 3.05) is 19.3 Å². The third kappa shape index (κ3) is 4.79. The van der Waals surface area contributed by atoms with Gasteiger partial charge in [0, 0.05) is 6.54 Å². The summed E-state index contributed by atoms with van der Waals surface area (Å²) >= 11 is 0. The summed E-state index contributed by atoms with van der Waals surface area (Å²) in [6, 6.07) is 0. The first-order chi connectivity index (χ1) is 7.43. The van der Waals surface area contributed by atoms with Gasteiger partial charge in [-0.3, -0.25) is 4.79 Å². The van der Waals surface area contributed by atoms with Crippen molar-refractivity contribution in [1.29, 1.82) is 0 Å². The highest BCUT2D eigenvalue weighted by Gasteiger charge is 2.34. The smallest absolute Gasteiger partial charge is 0.237 e. The zero-order valence-electron chi connectivity index (χ0n) is 9.86. The second-order valence-corrected chi connectivity index (χ2v) is 6.13. The normalized spacial score (nSPS) is 18.5. The summed E-state index contributed by atoms with van der Waals surface area (Å²) in [5, 5.41) is 2.75. The van der Waals surface area contributed by atoms with Crippen molar-refractivity contribution in [1.82, 2.24) is 10.0 Å². The fourth-order valence-corrected chi connectivity index (χ4v) is 2.57. The van der Waals surface area contributed by atoms with Gasteiger partial charge in [-0.15, -0.1) is 12.4 Å². The SMILES string of the molecule is CNS(=O)(=O)CC(=O)NC1(CN)CCCC1.Cl. The van der Waals surface area contributed by atoms with Gasteiger partial charge in [0.15, 0.2) is 0 Å². The lowest BCUT2D eigenvalue weighted by molar-refractivity contribution is -0.120. The minimum absolute atomic E-state index is 0. The topological polar surface area (TPSA) is 101 Å². The molecule has 0 radical (unpaired) electrons. The van der Waals surface area contributed by atoms with Crippen LogP contribution in [-0.4, -0.2) is 39.2 Å². The Balaban J connectivity index is 0.00000256. The molecule has 0 atom stereocenters. The molecular weight excluding hydrogens is 266 g/mol. The Hall–Kier alpha value is -0.370. The average Bonchev–Trinajstić information content (AvgIpc) is 2.66. The number of halogens is 1. The zero-order chi connectivity index (χ0) is 12.2. The van der Waals surface area contributed by atoms with Crippen molar-refractivity contribution in [3.63, 3.8) is 0 Å². The minimum Gasteiger partial charge on any atom is -0.348 e. The molecule has 8 heteroatoms. The van der Waals surface area contributed by atoms with Gasteiger partial charge in [0.2, 0.25) is 15.9 Å². The predicted molar refractivity (Wildman–Crippen MR) is 68.5 cm³/mol. The Morgan fingerprint density at radius 2 is 1.88 bits per heavy atom. The standard InChI is InChI=1S/C9H19N3O3S.ClH/c1-11-16(14,15)6-8(13)12-9(7-10)4-2-3-5-9;/h11H,2-7,10H2,1H3,(H,12,13);1H. The molecule has 17 heavy (non-hydrogen) atoms. The molecule has 0 aromatic carbocycles. The lowest BCUT2D eigenvalue weighted by Gasteiger charge is -2.28. The predicted octanol–water partition coefficient (Wildman–Crippen LogP) is -0.655. The van der Waals surface area contributed by atoms with E-state index in [1.807, 2.05) is 0 Å². The first kappa shape index (κ1) is 16.6. The maximum absolute atomic E-state index is 11.6. The van der Waals surface area contributed by atoms with E-state index in [-0.39, 0.29) is 17.9 Å². The summed E-state index contributed by atoms with van der Waals surface area (Å²) in [5.74, 6) is -1.02. The number of amides is 1. The highest BCUT2D eigenvalue weighted by molar-refractivity contribution is 7.90. The molecule has 0 aromatic heterocycles. The molecule has 0 aromatic rings. The van der Waals surface area contributed by atoms with Crippen molar-refractivity contribution in [2.45, 2.75) is 31.2 Å². The van der Waals surface area contributed by atoms with E-state index in [0.717, 1.165) is 25.7 Å². The van der Waals surface area contributed by atoms with Gasteiger partial charge in [0.05, 0.1) is 5.54 Å². The number of hydrogen-bond acceptors (Lipinski definition) is 4. The van der Waals surface area contributed by atoms with E-state index in [9.17, 15) is 13.2 Å². The Kier molecular flexibility index (Phi) is 6.39. The Morgan fingerprint density at radius 3 is 2.29 bits per heavy atom. The Labute approximate surface area is 108 Å². The monoisotopic (exact) mass is 285 g/mol. The molecule has 1 amide bonds. The van der Waals surface area contributed by atoms with Crippen LogP contribution in [0.5, 0.6) is 0 Å². The number of hydrogen-bond donors (Lipinski definition) is 3. The lowest BCUT2D eigenvalue weighted by Crippen LogP contribution is -2.53. The van der Waals surface area contributed by atoms with Gasteiger partial charge >= 0.3 is 0 Å². The fourth-order valence-electron chi connectivity index (χ4n) is 2.01. The van der Waals surface area contributed by atoms with Gasteiger partial charge in [-0.2, -0.15) is 0 Å². The number of nitrogens with two attached hydrogens (primary N) is 1. The Morgan fingerprint density at radius 1 is 1.35 bits per heavy atom. The van der Waals surface area contributed by atoms with E-state index in [4.69, 9.17) is 5.73 Å². The van der Waals surface area contributed by atoms with Gasteiger partial charge in [0.1, 0.15) is 5.75 Å². The van der Waals surface area contributed by atoms with Crippen molar-refractivity contribution in [2.24, 2.45) is 5.73 Å². The summed E-state index contributed by atoms with van der Waals surface area (Å²) in [6.45, 7) is 0.359. The Bertz CT molecular complexity index is 352. The molecule has 0 heterocycles. The highest BCUT2D eigenvalue weighted by atomic mass is 35.5. The van der Waals surface area contributed by atoms with Gasteiger partial charge in [-0.25, -0.2) is 13.1 Å². The van der Waals surface area contributed by atoms with E-state index < -0.39 is 21.7 Å². The second kappa shape index (κ2) is 6.53. The van der Waals surface area contributed by atoms with E-state index in [2.05, 4.69) is 10.0 Å². The van der Waals surface area contributed by atoms with Crippen LogP contribution in [-0.2, 0) is 14.8 Å². The van der Waals surface area contributed by atoms with Crippen LogP contribution in [0.25, 0.3) is 0 Å². The summed E-state index contributed by atoms with van der Waals surface area (Å²) in [4.78, 5) is 11.6. The summed E-state index contributed by atoms with van der Waals surface area (Å²) in [6.07, 6.45) is 3.70. The first-order valence-electron chi connectivity index (χ1n) is 5.35. The van der Waals surface area contributed by atoms with Crippen LogP contribution >= 0.6 is 12.4 Å². The van der Waals surface area contributed by atoms with Gasteiger partial charge in [-0.05, 0) is 19.9 Å². The van der Waals surface area contributed by atoms with Gasteiger partial charge in [0.25, 0.3) is 0 Å². The van der Waals surface area contributed by atoms with Crippen molar-refractivity contribution in [3.8, 4) is 0 Å². The molecule has 102 valence electrons. The van der Waals surface area contributed by atoms with Crippen LogP contribution in [0.15, 0.2) is 0 Å². The summed E-state index contributed by atoms with van der Waals surface area (Å²) in [5.41, 5.74) is 5.25. The van der Waals surface area contributed by atoms with Crippen molar-refractivity contribution >= 4 is 28.3 Å². The molecule has 0 aliphatic heterocycles. The number of nitrogens with one attached hydrogen (secondary N) is 2. The maximum atomic E-state index is 11.6. The molecule has 0 bridgehead atoms. The molecule has 4 N–H and O–H groups in total. The van der Waals surface area contributed by atoms with Crippen LogP contribution in [0.3, 0.4) is 0 Å². The molecule has 1 saturated carbocycles. The van der Waals surface area contributed by atoms with E-state index >= 15 is 0 Å². The van der Waals surface area contributed by atoms with Gasteiger partial charge in [-0.1, -0.05) is 12.8 Å². The van der Waals surface area contributed by atoms with E-state index in [0.29, 0.717) is 6.54 Å². The molecule has 1 aliphatic rings. The van der Waals surface area contributed by atoms with Crippen molar-refractivity contribution < 1.29 is 13.2 Å². The number of rotatable bonds is 5. The quantitative estimate of drug-likeness (QED) is 0.624. The van der Waals surface area contributed by atoms with E-state index in [1.165, 1.54) is 7.05 Å². The van der Waals surface area contributed by atoms with Crippen LogP contribution in [0.1, 0.15) is 25.7 Å². The number of carbonyl (C=O) groups is 1.